The van der Waals surface area contributed by atoms with Gasteiger partial charge in [-0.25, -0.2) is 4.99 Å². The number of rotatable bonds is 1. The Labute approximate surface area is 62.4 Å². The van der Waals surface area contributed by atoms with Gasteiger partial charge >= 0.3 is 0 Å². The van der Waals surface area contributed by atoms with E-state index in [0.29, 0.717) is 0 Å². The van der Waals surface area contributed by atoms with Gasteiger partial charge in [-0.1, -0.05) is 6.08 Å². The third kappa shape index (κ3) is 3.12. The predicted octanol–water partition coefficient (Wildman–Crippen LogP) is 0.657. The Morgan fingerprint density at radius 2 is 2.10 bits per heavy atom. The highest BCUT2D eigenvalue weighted by atomic mass is 15.2. The molecule has 0 aliphatic carbocycles. The molecule has 0 spiro atoms. The van der Waals surface area contributed by atoms with Gasteiger partial charge in [-0.3, -0.25) is 0 Å². The molecule has 0 rings (SSSR count). The molecule has 0 radical (unpaired) electrons. The lowest BCUT2D eigenvalue weighted by Crippen LogP contribution is -2.33. The third-order valence-electron chi connectivity index (χ3n) is 0.993. The van der Waals surface area contributed by atoms with Crippen molar-refractivity contribution in [2.24, 2.45) is 4.99 Å². The highest BCUT2D eigenvalue weighted by Crippen LogP contribution is 1.80. The Hall–Kier alpha value is -0.990. The topological polar surface area (TPSA) is 27.6 Å². The maximum atomic E-state index is 4.11. The fraction of sp³-hybridized carbons (Fsp3) is 0.571. The zero-order chi connectivity index (χ0) is 7.98. The molecule has 0 aliphatic heterocycles. The van der Waals surface area contributed by atoms with Crippen LogP contribution in [0.25, 0.3) is 0 Å². The fourth-order valence-electron chi connectivity index (χ4n) is 0.549. The summed E-state index contributed by atoms with van der Waals surface area (Å²) in [6.45, 7) is 1.94. The highest BCUT2D eigenvalue weighted by molar-refractivity contribution is 5.79. The summed E-state index contributed by atoms with van der Waals surface area (Å²) in [6.07, 6.45) is 3.65. The Balaban J connectivity index is 4.04. The van der Waals surface area contributed by atoms with Gasteiger partial charge in [-0.05, 0) is 6.92 Å². The van der Waals surface area contributed by atoms with Crippen molar-refractivity contribution in [3.05, 3.63) is 12.3 Å². The molecule has 0 heterocycles. The first kappa shape index (κ1) is 9.01. The van der Waals surface area contributed by atoms with Crippen LogP contribution in [0.3, 0.4) is 0 Å². The monoisotopic (exact) mass is 141 g/mol. The summed E-state index contributed by atoms with van der Waals surface area (Å²) in [7, 11) is 5.74. The minimum absolute atomic E-state index is 0.859. The average Bonchev–Trinajstić information content (AvgIpc) is 1.89. The molecular weight excluding hydrogens is 126 g/mol. The lowest BCUT2D eigenvalue weighted by Gasteiger charge is -2.13. The largest absolute Gasteiger partial charge is 0.359 e. The molecule has 0 saturated heterocycles. The predicted molar refractivity (Wildman–Crippen MR) is 45.0 cm³/mol. The lowest BCUT2D eigenvalue weighted by atomic mass is 10.7. The van der Waals surface area contributed by atoms with Gasteiger partial charge in [0.05, 0.1) is 0 Å². The van der Waals surface area contributed by atoms with Crippen molar-refractivity contribution in [2.75, 3.05) is 21.1 Å². The van der Waals surface area contributed by atoms with Crippen molar-refractivity contribution in [3.8, 4) is 0 Å². The summed E-state index contributed by atoms with van der Waals surface area (Å²) in [5, 5.41) is 2.96. The minimum atomic E-state index is 0.859. The molecule has 0 aromatic heterocycles. The number of hydrogen-bond acceptors (Lipinski definition) is 1. The van der Waals surface area contributed by atoms with E-state index >= 15 is 0 Å². The number of nitrogens with zero attached hydrogens (tertiary/aromatic N) is 2. The van der Waals surface area contributed by atoms with E-state index in [1.807, 2.05) is 39.0 Å². The molecule has 3 nitrogen and oxygen atoms in total. The SMILES string of the molecule is C/C=C\N=C(/NC)N(C)C. The van der Waals surface area contributed by atoms with Crippen LogP contribution in [0, 0.1) is 0 Å². The lowest BCUT2D eigenvalue weighted by molar-refractivity contribution is 0.597. The zero-order valence-corrected chi connectivity index (χ0v) is 7.05. The fourth-order valence-corrected chi connectivity index (χ4v) is 0.549. The van der Waals surface area contributed by atoms with Crippen LogP contribution in [0.2, 0.25) is 0 Å². The number of allylic oxidation sites excluding steroid dienone is 1. The molecule has 0 atom stereocenters. The smallest absolute Gasteiger partial charge is 0.197 e. The van der Waals surface area contributed by atoms with E-state index in [9.17, 15) is 0 Å². The maximum Gasteiger partial charge on any atom is 0.197 e. The summed E-state index contributed by atoms with van der Waals surface area (Å²) in [4.78, 5) is 6.03. The normalized spacial score (nSPS) is 12.2. The summed E-state index contributed by atoms with van der Waals surface area (Å²) in [5.41, 5.74) is 0. The first-order valence-corrected chi connectivity index (χ1v) is 3.26. The van der Waals surface area contributed by atoms with Crippen molar-refractivity contribution in [3.63, 3.8) is 0 Å². The quantitative estimate of drug-likeness (QED) is 0.429. The second kappa shape index (κ2) is 4.85. The molecule has 0 aromatic rings. The molecule has 3 heteroatoms. The standard InChI is InChI=1S/C7H15N3/c1-5-6-9-7(8-2)10(3)4/h5-6H,1-4H3,(H,8,9)/b6-5-. The van der Waals surface area contributed by atoms with E-state index in [-0.39, 0.29) is 0 Å². The van der Waals surface area contributed by atoms with Gasteiger partial charge in [-0.2, -0.15) is 0 Å². The van der Waals surface area contributed by atoms with Crippen LogP contribution >= 0.6 is 0 Å². The van der Waals surface area contributed by atoms with Gasteiger partial charge in [-0.15, -0.1) is 0 Å². The number of aliphatic imine (C=N–C) groups is 1. The van der Waals surface area contributed by atoms with Gasteiger partial charge in [0, 0.05) is 27.3 Å². The molecular formula is C7H15N3. The molecule has 1 N–H and O–H groups in total. The van der Waals surface area contributed by atoms with Gasteiger partial charge in [0.15, 0.2) is 5.96 Å². The van der Waals surface area contributed by atoms with Crippen LogP contribution in [0.15, 0.2) is 17.3 Å². The van der Waals surface area contributed by atoms with Crippen molar-refractivity contribution in [1.29, 1.82) is 0 Å². The maximum absolute atomic E-state index is 4.11. The van der Waals surface area contributed by atoms with Crippen molar-refractivity contribution in [1.82, 2.24) is 10.2 Å². The van der Waals surface area contributed by atoms with Gasteiger partial charge < -0.3 is 10.2 Å². The summed E-state index contributed by atoms with van der Waals surface area (Å²) < 4.78 is 0. The Morgan fingerprint density at radius 1 is 1.50 bits per heavy atom. The Bertz CT molecular complexity index is 136. The summed E-state index contributed by atoms with van der Waals surface area (Å²) >= 11 is 0. The third-order valence-corrected chi connectivity index (χ3v) is 0.993. The van der Waals surface area contributed by atoms with Crippen LogP contribution in [-0.2, 0) is 0 Å². The van der Waals surface area contributed by atoms with E-state index in [1.54, 1.807) is 6.20 Å². The van der Waals surface area contributed by atoms with E-state index in [0.717, 1.165) is 5.96 Å². The van der Waals surface area contributed by atoms with Gasteiger partial charge in [0.1, 0.15) is 0 Å². The second-order valence-electron chi connectivity index (χ2n) is 2.08. The molecule has 0 unspecified atom stereocenters. The van der Waals surface area contributed by atoms with Gasteiger partial charge in [0.25, 0.3) is 0 Å². The van der Waals surface area contributed by atoms with E-state index < -0.39 is 0 Å². The summed E-state index contributed by atoms with van der Waals surface area (Å²) in [5.74, 6) is 0.859. The minimum Gasteiger partial charge on any atom is -0.359 e. The molecule has 0 aliphatic rings. The number of nitrogens with one attached hydrogen (secondary N) is 1. The van der Waals surface area contributed by atoms with Crippen LogP contribution in [-0.4, -0.2) is 32.0 Å². The zero-order valence-electron chi connectivity index (χ0n) is 7.05. The highest BCUT2D eigenvalue weighted by Gasteiger charge is 1.92. The summed E-state index contributed by atoms with van der Waals surface area (Å²) in [6, 6.07) is 0. The first-order chi connectivity index (χ1) is 4.72. The van der Waals surface area contributed by atoms with Crippen molar-refractivity contribution < 1.29 is 0 Å². The number of hydrogen-bond donors (Lipinski definition) is 1. The van der Waals surface area contributed by atoms with Crippen LogP contribution in [0.4, 0.5) is 0 Å². The molecule has 0 amide bonds. The molecule has 58 valence electrons. The van der Waals surface area contributed by atoms with Crippen LogP contribution in [0.1, 0.15) is 6.92 Å². The van der Waals surface area contributed by atoms with E-state index in [4.69, 9.17) is 0 Å². The molecule has 0 bridgehead atoms. The Morgan fingerprint density at radius 3 is 2.40 bits per heavy atom. The van der Waals surface area contributed by atoms with Crippen LogP contribution < -0.4 is 5.32 Å². The van der Waals surface area contributed by atoms with Gasteiger partial charge in [0.2, 0.25) is 0 Å². The van der Waals surface area contributed by atoms with Crippen molar-refractivity contribution >= 4 is 5.96 Å². The average molecular weight is 141 g/mol. The van der Waals surface area contributed by atoms with Crippen LogP contribution in [0.5, 0.6) is 0 Å². The molecule has 0 aromatic carbocycles. The Kier molecular flexibility index (Phi) is 4.37. The number of guanidine groups is 1. The molecule has 0 fully saturated rings. The molecule has 10 heavy (non-hydrogen) atoms. The van der Waals surface area contributed by atoms with E-state index in [1.165, 1.54) is 0 Å². The van der Waals surface area contributed by atoms with E-state index in [2.05, 4.69) is 10.3 Å². The molecule has 0 saturated carbocycles. The van der Waals surface area contributed by atoms with Crippen molar-refractivity contribution in [2.45, 2.75) is 6.92 Å². The second-order valence-corrected chi connectivity index (χ2v) is 2.08. The first-order valence-electron chi connectivity index (χ1n) is 3.26.